The molecule has 0 saturated carbocycles. The van der Waals surface area contributed by atoms with Crippen LogP contribution in [0.25, 0.3) is 0 Å². The molecule has 2 rings (SSSR count). The number of ether oxygens (including phenoxy) is 1. The Morgan fingerprint density at radius 2 is 2.26 bits per heavy atom. The van der Waals surface area contributed by atoms with Gasteiger partial charge in [-0.15, -0.1) is 0 Å². The van der Waals surface area contributed by atoms with E-state index in [1.165, 1.54) is 25.3 Å². The van der Waals surface area contributed by atoms with Crippen LogP contribution in [0, 0.1) is 5.82 Å². The lowest BCUT2D eigenvalue weighted by molar-refractivity contribution is 0.214. The van der Waals surface area contributed by atoms with Gasteiger partial charge >= 0.3 is 0 Å². The molecule has 0 radical (unpaired) electrons. The highest BCUT2D eigenvalue weighted by Crippen LogP contribution is 2.31. The largest absolute Gasteiger partial charge is 0.490 e. The van der Waals surface area contributed by atoms with Gasteiger partial charge in [-0.25, -0.2) is 4.39 Å². The maximum absolute atomic E-state index is 13.1. The highest BCUT2D eigenvalue weighted by atomic mass is 19.1. The lowest BCUT2D eigenvalue weighted by Gasteiger charge is -2.16. The van der Waals surface area contributed by atoms with Crippen LogP contribution in [0.3, 0.4) is 0 Å². The molecule has 0 aliphatic carbocycles. The van der Waals surface area contributed by atoms with E-state index in [-0.39, 0.29) is 11.9 Å². The number of benzene rings is 1. The molecule has 0 amide bonds. The molecular formula is C16H24FNO. The number of fused-ring (bicyclic) bond motifs is 1. The Bertz CT molecular complexity index is 408. The fraction of sp³-hybridized carbons (Fsp3) is 0.625. The van der Waals surface area contributed by atoms with Gasteiger partial charge in [-0.3, -0.25) is 0 Å². The minimum Gasteiger partial charge on any atom is -0.490 e. The molecule has 1 aromatic carbocycles. The summed E-state index contributed by atoms with van der Waals surface area (Å²) in [6, 6.07) is 5.44. The first-order chi connectivity index (χ1) is 9.22. The number of rotatable bonds is 7. The van der Waals surface area contributed by atoms with Gasteiger partial charge in [0.1, 0.15) is 17.7 Å². The molecule has 19 heavy (non-hydrogen) atoms. The third-order valence-corrected chi connectivity index (χ3v) is 3.89. The summed E-state index contributed by atoms with van der Waals surface area (Å²) in [5, 5.41) is 3.36. The first-order valence-corrected chi connectivity index (χ1v) is 7.35. The number of hydrogen-bond donors (Lipinski definition) is 1. The van der Waals surface area contributed by atoms with Crippen LogP contribution in [0.1, 0.15) is 44.6 Å². The Morgan fingerprint density at radius 3 is 3.00 bits per heavy atom. The van der Waals surface area contributed by atoms with Crippen LogP contribution in [0.4, 0.5) is 4.39 Å². The van der Waals surface area contributed by atoms with Crippen LogP contribution >= 0.6 is 0 Å². The molecule has 1 aliphatic rings. The van der Waals surface area contributed by atoms with Crippen molar-refractivity contribution in [3.63, 3.8) is 0 Å². The third-order valence-electron chi connectivity index (χ3n) is 3.89. The number of nitrogens with one attached hydrogen (secondary N) is 1. The summed E-state index contributed by atoms with van der Waals surface area (Å²) >= 11 is 0. The molecule has 0 bridgehead atoms. The van der Waals surface area contributed by atoms with Crippen molar-refractivity contribution in [3.05, 3.63) is 29.6 Å². The predicted molar refractivity (Wildman–Crippen MR) is 76.1 cm³/mol. The van der Waals surface area contributed by atoms with Crippen LogP contribution in [0.2, 0.25) is 0 Å². The van der Waals surface area contributed by atoms with E-state index >= 15 is 0 Å². The Labute approximate surface area is 115 Å². The molecule has 1 aromatic rings. The SMILES string of the molecule is CCCC(CCCC1Cc2cc(F)ccc2O1)NC. The zero-order valence-corrected chi connectivity index (χ0v) is 11.9. The van der Waals surface area contributed by atoms with E-state index in [1.54, 1.807) is 12.1 Å². The topological polar surface area (TPSA) is 21.3 Å². The van der Waals surface area contributed by atoms with Gasteiger partial charge in [0.05, 0.1) is 0 Å². The lowest BCUT2D eigenvalue weighted by Crippen LogP contribution is -2.25. The summed E-state index contributed by atoms with van der Waals surface area (Å²) in [4.78, 5) is 0. The minimum absolute atomic E-state index is 0.166. The van der Waals surface area contributed by atoms with Gasteiger partial charge in [-0.1, -0.05) is 13.3 Å². The third kappa shape index (κ3) is 3.93. The van der Waals surface area contributed by atoms with Crippen molar-refractivity contribution in [1.29, 1.82) is 0 Å². The molecule has 2 nitrogen and oxygen atoms in total. The normalized spacial score (nSPS) is 19.0. The van der Waals surface area contributed by atoms with Crippen molar-refractivity contribution >= 4 is 0 Å². The van der Waals surface area contributed by atoms with E-state index in [1.807, 2.05) is 7.05 Å². The van der Waals surface area contributed by atoms with Gasteiger partial charge in [-0.2, -0.15) is 0 Å². The second-order valence-electron chi connectivity index (χ2n) is 5.40. The van der Waals surface area contributed by atoms with Crippen molar-refractivity contribution in [2.24, 2.45) is 0 Å². The van der Waals surface area contributed by atoms with Gasteiger partial charge in [0.2, 0.25) is 0 Å². The molecule has 1 heterocycles. The molecule has 3 heteroatoms. The van der Waals surface area contributed by atoms with E-state index in [4.69, 9.17) is 4.74 Å². The van der Waals surface area contributed by atoms with Crippen LogP contribution in [-0.2, 0) is 6.42 Å². The monoisotopic (exact) mass is 265 g/mol. The lowest BCUT2D eigenvalue weighted by atomic mass is 10.0. The van der Waals surface area contributed by atoms with E-state index in [2.05, 4.69) is 12.2 Å². The summed E-state index contributed by atoms with van der Waals surface area (Å²) in [6.45, 7) is 2.22. The van der Waals surface area contributed by atoms with Gasteiger partial charge in [0, 0.05) is 18.0 Å². The summed E-state index contributed by atoms with van der Waals surface area (Å²) in [7, 11) is 2.03. The van der Waals surface area contributed by atoms with Crippen LogP contribution in [0.5, 0.6) is 5.75 Å². The Morgan fingerprint density at radius 1 is 1.42 bits per heavy atom. The predicted octanol–water partition coefficient (Wildman–Crippen LogP) is 3.69. The molecule has 2 atom stereocenters. The second-order valence-corrected chi connectivity index (χ2v) is 5.40. The maximum atomic E-state index is 13.1. The van der Waals surface area contributed by atoms with Gasteiger partial charge in [-0.05, 0) is 50.9 Å². The van der Waals surface area contributed by atoms with E-state index in [0.29, 0.717) is 6.04 Å². The smallest absolute Gasteiger partial charge is 0.123 e. The zero-order valence-electron chi connectivity index (χ0n) is 11.9. The number of hydrogen-bond acceptors (Lipinski definition) is 2. The Kier molecular flexibility index (Phi) is 5.20. The highest BCUT2D eigenvalue weighted by molar-refractivity contribution is 5.37. The first-order valence-electron chi connectivity index (χ1n) is 7.35. The van der Waals surface area contributed by atoms with Crippen LogP contribution in [0.15, 0.2) is 18.2 Å². The molecule has 106 valence electrons. The van der Waals surface area contributed by atoms with Crippen molar-refractivity contribution in [2.75, 3.05) is 7.05 Å². The molecule has 0 saturated heterocycles. The standard InChI is InChI=1S/C16H24FNO/c1-3-5-14(18-2)6-4-7-15-11-12-10-13(17)8-9-16(12)19-15/h8-10,14-15,18H,3-7,11H2,1-2H3. The Hall–Kier alpha value is -1.09. The summed E-state index contributed by atoms with van der Waals surface area (Å²) < 4.78 is 19.0. The fourth-order valence-electron chi connectivity index (χ4n) is 2.82. The van der Waals surface area contributed by atoms with E-state index in [0.717, 1.165) is 30.6 Å². The van der Waals surface area contributed by atoms with Gasteiger partial charge in [0.15, 0.2) is 0 Å². The second kappa shape index (κ2) is 6.90. The molecule has 1 aliphatic heterocycles. The fourth-order valence-corrected chi connectivity index (χ4v) is 2.82. The van der Waals surface area contributed by atoms with Gasteiger partial charge < -0.3 is 10.1 Å². The molecule has 0 spiro atoms. The summed E-state index contributed by atoms with van der Waals surface area (Å²) in [6.07, 6.45) is 6.94. The molecule has 2 unspecified atom stereocenters. The molecular weight excluding hydrogens is 241 g/mol. The van der Waals surface area contributed by atoms with Crippen LogP contribution in [-0.4, -0.2) is 19.2 Å². The maximum Gasteiger partial charge on any atom is 0.123 e. The average Bonchev–Trinajstić information content (AvgIpc) is 2.79. The van der Waals surface area contributed by atoms with E-state index in [9.17, 15) is 4.39 Å². The van der Waals surface area contributed by atoms with Gasteiger partial charge in [0.25, 0.3) is 0 Å². The minimum atomic E-state index is -0.166. The summed E-state index contributed by atoms with van der Waals surface area (Å²) in [5.41, 5.74) is 1.02. The highest BCUT2D eigenvalue weighted by Gasteiger charge is 2.23. The summed E-state index contributed by atoms with van der Waals surface area (Å²) in [5.74, 6) is 0.700. The van der Waals surface area contributed by atoms with Crippen molar-refractivity contribution in [1.82, 2.24) is 5.32 Å². The molecule has 0 fully saturated rings. The first kappa shape index (κ1) is 14.3. The molecule has 0 aromatic heterocycles. The quantitative estimate of drug-likeness (QED) is 0.812. The Balaban J connectivity index is 1.75. The average molecular weight is 265 g/mol. The number of halogens is 1. The van der Waals surface area contributed by atoms with Crippen molar-refractivity contribution < 1.29 is 9.13 Å². The molecule has 1 N–H and O–H groups in total. The van der Waals surface area contributed by atoms with Crippen molar-refractivity contribution in [3.8, 4) is 5.75 Å². The van der Waals surface area contributed by atoms with E-state index < -0.39 is 0 Å². The van der Waals surface area contributed by atoms with Crippen LogP contribution < -0.4 is 10.1 Å². The zero-order chi connectivity index (χ0) is 13.7. The van der Waals surface area contributed by atoms with Crippen molar-refractivity contribution in [2.45, 2.75) is 57.6 Å².